The van der Waals surface area contributed by atoms with Crippen LogP contribution in [0.4, 0.5) is 11.8 Å². The molecule has 1 fully saturated rings. The van der Waals surface area contributed by atoms with Gasteiger partial charge in [-0.15, -0.1) is 6.58 Å². The van der Waals surface area contributed by atoms with Gasteiger partial charge < -0.3 is 29.6 Å². The summed E-state index contributed by atoms with van der Waals surface area (Å²) in [5.41, 5.74) is 1.40. The molecule has 2 N–H and O–H groups in total. The second kappa shape index (κ2) is 20.0. The van der Waals surface area contributed by atoms with Crippen LogP contribution in [0.15, 0.2) is 201 Å². The summed E-state index contributed by atoms with van der Waals surface area (Å²) in [6.07, 6.45) is 0.149. The molecule has 13 nitrogen and oxygen atoms in total. The molecule has 0 aliphatic carbocycles. The zero-order valence-corrected chi connectivity index (χ0v) is 37.2. The van der Waals surface area contributed by atoms with E-state index < -0.39 is 47.5 Å². The summed E-state index contributed by atoms with van der Waals surface area (Å²) in [5, 5.41) is 7.21. The summed E-state index contributed by atoms with van der Waals surface area (Å²) >= 11 is 0. The fourth-order valence-electron chi connectivity index (χ4n) is 8.57. The third-order valence-electron chi connectivity index (χ3n) is 11.9. The first kappa shape index (κ1) is 44.8. The van der Waals surface area contributed by atoms with Crippen LogP contribution >= 0.6 is 0 Å². The number of imidazole rings is 1. The lowest BCUT2D eigenvalue weighted by molar-refractivity contribution is -0.108. The van der Waals surface area contributed by atoms with Crippen LogP contribution in [0.3, 0.4) is 0 Å². The highest BCUT2D eigenvalue weighted by Crippen LogP contribution is 2.46. The van der Waals surface area contributed by atoms with Crippen molar-refractivity contribution >= 4 is 40.8 Å². The zero-order valence-electron chi connectivity index (χ0n) is 37.2. The van der Waals surface area contributed by atoms with Crippen molar-refractivity contribution in [3.8, 4) is 0 Å². The number of anilines is 2. The predicted octanol–water partition coefficient (Wildman–Crippen LogP) is 9.81. The van der Waals surface area contributed by atoms with E-state index in [4.69, 9.17) is 33.9 Å². The number of carbonyl (C=O) groups excluding carboxylic acids is 3. The molecular weight excluding hydrogens is 857 g/mol. The Morgan fingerprint density at radius 2 is 1.18 bits per heavy atom. The summed E-state index contributed by atoms with van der Waals surface area (Å²) < 4.78 is 27.2. The van der Waals surface area contributed by atoms with Gasteiger partial charge in [0.25, 0.3) is 0 Å². The van der Waals surface area contributed by atoms with Crippen molar-refractivity contribution in [2.45, 2.75) is 42.9 Å². The standard InChI is InChI=1S/C55H48N6O7/c1-3-4-35-56-47-45-48(59-53(58-47)60-55(41-29-17-8-18-30-41,42-31-19-9-20-32-42)43-33-21-10-22-34-43)61(37-57-45)52-54(2,68-51(64)40-27-15-7-16-28-40)46(67-50(63)39-25-13-6-14-26-39)44(66-52)36-65-49(62)38-23-11-5-12-24-38/h3,5-34,37,44,46,52H,1,4,35-36H2,2H3,(H2,56,58,59,60)/t44?,46-,52?,54-/m1/s1. The number of nitrogens with zero attached hydrogens (tertiary/aromatic N) is 4. The van der Waals surface area contributed by atoms with Gasteiger partial charge in [-0.25, -0.2) is 19.4 Å². The van der Waals surface area contributed by atoms with Gasteiger partial charge in [-0.2, -0.15) is 9.97 Å². The van der Waals surface area contributed by atoms with Gasteiger partial charge in [0.15, 0.2) is 34.9 Å². The molecule has 1 aliphatic heterocycles. The second-order valence-electron chi connectivity index (χ2n) is 16.3. The van der Waals surface area contributed by atoms with Crippen LogP contribution in [0.25, 0.3) is 11.2 Å². The maximum absolute atomic E-state index is 14.3. The van der Waals surface area contributed by atoms with E-state index in [-0.39, 0.29) is 29.3 Å². The van der Waals surface area contributed by atoms with E-state index in [0.717, 1.165) is 16.7 Å². The molecule has 8 aromatic rings. The van der Waals surface area contributed by atoms with E-state index in [0.29, 0.717) is 29.9 Å². The number of benzene rings is 6. The van der Waals surface area contributed by atoms with Crippen LogP contribution in [0.2, 0.25) is 0 Å². The number of rotatable bonds is 17. The van der Waals surface area contributed by atoms with Gasteiger partial charge in [-0.1, -0.05) is 152 Å². The van der Waals surface area contributed by atoms with Crippen molar-refractivity contribution in [3.05, 3.63) is 234 Å². The molecule has 68 heavy (non-hydrogen) atoms. The summed E-state index contributed by atoms with van der Waals surface area (Å²) in [6, 6.07) is 55.6. The first-order chi connectivity index (χ1) is 33.3. The molecular formula is C55H48N6O7. The smallest absolute Gasteiger partial charge is 0.338 e. The Bertz CT molecular complexity index is 2900. The maximum atomic E-state index is 14.3. The Morgan fingerprint density at radius 1 is 0.691 bits per heavy atom. The van der Waals surface area contributed by atoms with Crippen LogP contribution in [-0.4, -0.2) is 68.4 Å². The summed E-state index contributed by atoms with van der Waals surface area (Å²) in [5.74, 6) is -1.42. The molecule has 2 aromatic heterocycles. The highest BCUT2D eigenvalue weighted by atomic mass is 16.7. The third kappa shape index (κ3) is 9.07. The summed E-state index contributed by atoms with van der Waals surface area (Å²) in [7, 11) is 0. The Hall–Kier alpha value is -8.42. The Labute approximate surface area is 393 Å². The van der Waals surface area contributed by atoms with Crippen LogP contribution in [0.1, 0.15) is 67.3 Å². The monoisotopic (exact) mass is 904 g/mol. The molecule has 2 unspecified atom stereocenters. The van der Waals surface area contributed by atoms with Gasteiger partial charge >= 0.3 is 17.9 Å². The number of hydrogen-bond donors (Lipinski definition) is 2. The molecule has 4 atom stereocenters. The first-order valence-corrected chi connectivity index (χ1v) is 22.2. The lowest BCUT2D eigenvalue weighted by Crippen LogP contribution is -2.50. The SMILES string of the molecule is C=CCCNc1nc(NC(c2ccccc2)(c2ccccc2)c2ccccc2)nc2c1ncn2C1OC(COC(=O)c2ccccc2)[C@@H](OC(=O)c2ccccc2)[C@@]1(C)OC(=O)c1ccccc1. The van der Waals surface area contributed by atoms with Crippen LogP contribution in [0, 0.1) is 0 Å². The van der Waals surface area contributed by atoms with E-state index in [9.17, 15) is 14.4 Å². The van der Waals surface area contributed by atoms with Crippen molar-refractivity contribution in [2.24, 2.45) is 0 Å². The molecule has 0 radical (unpaired) electrons. The number of ether oxygens (including phenoxy) is 4. The molecule has 340 valence electrons. The topological polar surface area (TPSA) is 156 Å². The van der Waals surface area contributed by atoms with Crippen LogP contribution in [-0.2, 0) is 24.5 Å². The minimum absolute atomic E-state index is 0.221. The zero-order chi connectivity index (χ0) is 46.9. The number of nitrogens with one attached hydrogen (secondary N) is 2. The molecule has 0 saturated carbocycles. The molecule has 9 rings (SSSR count). The van der Waals surface area contributed by atoms with Crippen molar-refractivity contribution in [2.75, 3.05) is 23.8 Å². The molecule has 0 spiro atoms. The van der Waals surface area contributed by atoms with E-state index in [1.165, 1.54) is 6.33 Å². The van der Waals surface area contributed by atoms with Gasteiger partial charge in [0, 0.05) is 6.54 Å². The van der Waals surface area contributed by atoms with E-state index in [2.05, 4.69) is 53.6 Å². The highest BCUT2D eigenvalue weighted by molar-refractivity contribution is 5.91. The fourth-order valence-corrected chi connectivity index (χ4v) is 8.57. The highest BCUT2D eigenvalue weighted by Gasteiger charge is 2.61. The average Bonchev–Trinajstić information content (AvgIpc) is 3.93. The summed E-state index contributed by atoms with van der Waals surface area (Å²) in [6.45, 7) is 5.62. The quantitative estimate of drug-likeness (QED) is 0.0294. The minimum Gasteiger partial charge on any atom is -0.459 e. The Morgan fingerprint density at radius 3 is 1.69 bits per heavy atom. The van der Waals surface area contributed by atoms with Gasteiger partial charge in [-0.05, 0) is 66.4 Å². The molecule has 1 aliphatic rings. The number of fused-ring (bicyclic) bond motifs is 1. The Balaban J connectivity index is 1.21. The van der Waals surface area contributed by atoms with E-state index in [1.54, 1.807) is 109 Å². The average molecular weight is 905 g/mol. The number of esters is 3. The number of carbonyl (C=O) groups is 3. The predicted molar refractivity (Wildman–Crippen MR) is 258 cm³/mol. The van der Waals surface area contributed by atoms with Crippen molar-refractivity contribution in [1.29, 1.82) is 0 Å². The van der Waals surface area contributed by atoms with Crippen LogP contribution in [0.5, 0.6) is 0 Å². The lowest BCUT2D eigenvalue weighted by Gasteiger charge is -2.37. The van der Waals surface area contributed by atoms with Gasteiger partial charge in [0.2, 0.25) is 5.95 Å². The minimum atomic E-state index is -1.81. The van der Waals surface area contributed by atoms with Gasteiger partial charge in [0.1, 0.15) is 18.2 Å². The van der Waals surface area contributed by atoms with Gasteiger partial charge in [-0.3, -0.25) is 4.57 Å². The maximum Gasteiger partial charge on any atom is 0.338 e. The van der Waals surface area contributed by atoms with Gasteiger partial charge in [0.05, 0.1) is 23.0 Å². The molecule has 6 aromatic carbocycles. The van der Waals surface area contributed by atoms with E-state index >= 15 is 0 Å². The molecule has 0 amide bonds. The Kier molecular flexibility index (Phi) is 13.2. The third-order valence-corrected chi connectivity index (χ3v) is 11.9. The first-order valence-electron chi connectivity index (χ1n) is 22.2. The second-order valence-corrected chi connectivity index (χ2v) is 16.3. The molecule has 0 bridgehead atoms. The summed E-state index contributed by atoms with van der Waals surface area (Å²) in [4.78, 5) is 56.9. The van der Waals surface area contributed by atoms with Crippen molar-refractivity contribution in [3.63, 3.8) is 0 Å². The van der Waals surface area contributed by atoms with E-state index in [1.807, 2.05) is 54.6 Å². The number of aromatic nitrogens is 4. The lowest BCUT2D eigenvalue weighted by atomic mass is 9.77. The molecule has 3 heterocycles. The fraction of sp³-hybridized carbons (Fsp3) is 0.164. The largest absolute Gasteiger partial charge is 0.459 e. The van der Waals surface area contributed by atoms with Crippen molar-refractivity contribution in [1.82, 2.24) is 19.5 Å². The molecule has 13 heteroatoms. The van der Waals surface area contributed by atoms with Crippen molar-refractivity contribution < 1.29 is 33.3 Å². The normalized spacial score (nSPS) is 17.8. The molecule has 1 saturated heterocycles. The number of hydrogen-bond acceptors (Lipinski definition) is 12. The van der Waals surface area contributed by atoms with Crippen LogP contribution < -0.4 is 10.6 Å².